The molecule has 0 bridgehead atoms. The molecule has 2 saturated heterocycles. The van der Waals surface area contributed by atoms with E-state index in [-0.39, 0.29) is 35.2 Å². The molecule has 6 atom stereocenters. The molecule has 2 aromatic carbocycles. The van der Waals surface area contributed by atoms with Crippen molar-refractivity contribution in [1.82, 2.24) is 0 Å². The average molecular weight is 419 g/mol. The molecule has 2 heterocycles. The highest BCUT2D eigenvalue weighted by atomic mass is 16.7. The highest BCUT2D eigenvalue weighted by Gasteiger charge is 2.60. The van der Waals surface area contributed by atoms with Gasteiger partial charge in [0.05, 0.1) is 25.4 Å². The first-order chi connectivity index (χ1) is 14.9. The summed E-state index contributed by atoms with van der Waals surface area (Å²) in [5, 5.41) is 0. The van der Waals surface area contributed by atoms with Gasteiger partial charge in [0, 0.05) is 11.8 Å². The summed E-state index contributed by atoms with van der Waals surface area (Å²) in [4.78, 5) is 0. The summed E-state index contributed by atoms with van der Waals surface area (Å²) in [5.74, 6) is 0.498. The van der Waals surface area contributed by atoms with E-state index in [1.54, 1.807) is 0 Å². The lowest BCUT2D eigenvalue weighted by molar-refractivity contribution is 0.0297. The van der Waals surface area contributed by atoms with Crippen molar-refractivity contribution >= 4 is 12.2 Å². The normalized spacial score (nSPS) is 31.0. The van der Waals surface area contributed by atoms with E-state index in [0.717, 1.165) is 11.1 Å². The fourth-order valence-electron chi connectivity index (χ4n) is 4.83. The second-order valence-corrected chi connectivity index (χ2v) is 9.11. The van der Waals surface area contributed by atoms with Gasteiger partial charge in [0.2, 0.25) is 0 Å². The number of hydrogen-bond acceptors (Lipinski definition) is 3. The molecule has 0 amide bonds. The van der Waals surface area contributed by atoms with Crippen molar-refractivity contribution in [2.24, 2.45) is 0 Å². The van der Waals surface area contributed by atoms with Gasteiger partial charge in [0.25, 0.3) is 0 Å². The maximum Gasteiger partial charge on any atom is 0.124 e. The number of benzene rings is 2. The summed E-state index contributed by atoms with van der Waals surface area (Å²) in [5.41, 5.74) is 4.24. The van der Waals surface area contributed by atoms with Crippen LogP contribution >= 0.6 is 0 Å². The second kappa shape index (κ2) is 8.38. The Kier molecular flexibility index (Phi) is 5.95. The van der Waals surface area contributed by atoms with Crippen molar-refractivity contribution in [3.8, 4) is 0 Å². The molecule has 4 rings (SSSR count). The van der Waals surface area contributed by atoms with Crippen LogP contribution in [0.1, 0.15) is 61.8 Å². The van der Waals surface area contributed by atoms with Crippen LogP contribution in [0.5, 0.6) is 0 Å². The van der Waals surface area contributed by atoms with Crippen LogP contribution in [0, 0.1) is 0 Å². The minimum atomic E-state index is -0.274. The molecule has 2 aromatic rings. The lowest BCUT2D eigenvalue weighted by Crippen LogP contribution is -2.34. The molecule has 3 nitrogen and oxygen atoms in total. The number of ether oxygens (including phenoxy) is 3. The summed E-state index contributed by atoms with van der Waals surface area (Å²) in [7, 11) is 0. The SMILES string of the molecule is C=Cc1ccc(C(C)C2(COCC3(C(C)c4ccc(C=C)cc4)OC3C)OC2C)cc1. The smallest absolute Gasteiger partial charge is 0.124 e. The Morgan fingerprint density at radius 2 is 1.10 bits per heavy atom. The van der Waals surface area contributed by atoms with Crippen molar-refractivity contribution < 1.29 is 14.2 Å². The molecule has 0 aliphatic carbocycles. The second-order valence-electron chi connectivity index (χ2n) is 9.11. The molecule has 0 saturated carbocycles. The van der Waals surface area contributed by atoms with Gasteiger partial charge in [0.15, 0.2) is 0 Å². The third kappa shape index (κ3) is 4.03. The standard InChI is InChI=1S/C28H34O3/c1-7-23-9-13-25(14-10-23)19(3)27(21(5)30-27)17-29-18-28(22(6)31-28)20(4)26-15-11-24(8-2)12-16-26/h7-16,19-22H,1-2,17-18H2,3-6H3. The molecule has 0 N–H and O–H groups in total. The van der Waals surface area contributed by atoms with Gasteiger partial charge >= 0.3 is 0 Å². The Morgan fingerprint density at radius 3 is 1.35 bits per heavy atom. The predicted molar refractivity (Wildman–Crippen MR) is 127 cm³/mol. The molecule has 0 aromatic heterocycles. The first-order valence-electron chi connectivity index (χ1n) is 11.2. The maximum absolute atomic E-state index is 6.32. The molecule has 0 radical (unpaired) electrons. The molecule has 2 fully saturated rings. The minimum absolute atomic E-state index is 0.180. The Bertz CT molecular complexity index is 854. The molecule has 31 heavy (non-hydrogen) atoms. The van der Waals surface area contributed by atoms with Crippen LogP contribution in [-0.4, -0.2) is 36.6 Å². The van der Waals surface area contributed by atoms with Crippen molar-refractivity contribution in [3.63, 3.8) is 0 Å². The Labute approximate surface area is 186 Å². The van der Waals surface area contributed by atoms with E-state index in [2.05, 4.69) is 89.4 Å². The fourth-order valence-corrected chi connectivity index (χ4v) is 4.83. The number of epoxide rings is 2. The van der Waals surface area contributed by atoms with Crippen LogP contribution in [0.3, 0.4) is 0 Å². The van der Waals surface area contributed by atoms with Gasteiger partial charge in [-0.25, -0.2) is 0 Å². The topological polar surface area (TPSA) is 34.3 Å². The van der Waals surface area contributed by atoms with E-state index in [1.165, 1.54) is 11.1 Å². The monoisotopic (exact) mass is 418 g/mol. The highest BCUT2D eigenvalue weighted by molar-refractivity contribution is 5.48. The van der Waals surface area contributed by atoms with Crippen LogP contribution in [-0.2, 0) is 14.2 Å². The van der Waals surface area contributed by atoms with Gasteiger partial charge in [0.1, 0.15) is 11.2 Å². The van der Waals surface area contributed by atoms with E-state index >= 15 is 0 Å². The summed E-state index contributed by atoms with van der Waals surface area (Å²) >= 11 is 0. The number of hydrogen-bond donors (Lipinski definition) is 0. The molecule has 0 spiro atoms. The van der Waals surface area contributed by atoms with Crippen molar-refractivity contribution in [1.29, 1.82) is 0 Å². The number of rotatable bonds is 10. The maximum atomic E-state index is 6.32. The zero-order chi connectivity index (χ0) is 22.2. The Hall–Kier alpha value is -2.20. The first-order valence-corrected chi connectivity index (χ1v) is 11.2. The van der Waals surface area contributed by atoms with Crippen molar-refractivity contribution in [2.45, 2.75) is 62.9 Å². The third-order valence-electron chi connectivity index (χ3n) is 7.52. The first kappa shape index (κ1) is 22.0. The van der Waals surface area contributed by atoms with E-state index in [1.807, 2.05) is 12.2 Å². The lowest BCUT2D eigenvalue weighted by Gasteiger charge is -2.25. The van der Waals surface area contributed by atoms with Crippen LogP contribution in [0.15, 0.2) is 61.7 Å². The van der Waals surface area contributed by atoms with Gasteiger partial charge in [-0.05, 0) is 36.1 Å². The van der Waals surface area contributed by atoms with E-state index < -0.39 is 0 Å². The summed E-state index contributed by atoms with van der Waals surface area (Å²) in [6.45, 7) is 17.5. The Morgan fingerprint density at radius 1 is 0.774 bits per heavy atom. The molecule has 3 heteroatoms. The van der Waals surface area contributed by atoms with E-state index in [4.69, 9.17) is 14.2 Å². The quantitative estimate of drug-likeness (QED) is 0.430. The summed E-state index contributed by atoms with van der Waals surface area (Å²) in [6.07, 6.45) is 4.09. The molecule has 164 valence electrons. The zero-order valence-corrected chi connectivity index (χ0v) is 19.1. The summed E-state index contributed by atoms with van der Waals surface area (Å²) < 4.78 is 18.6. The van der Waals surface area contributed by atoms with E-state index in [9.17, 15) is 0 Å². The van der Waals surface area contributed by atoms with Gasteiger partial charge in [-0.2, -0.15) is 0 Å². The van der Waals surface area contributed by atoms with Crippen LogP contribution in [0.2, 0.25) is 0 Å². The van der Waals surface area contributed by atoms with Crippen LogP contribution in [0.4, 0.5) is 0 Å². The molecule has 2 aliphatic rings. The molecule has 2 aliphatic heterocycles. The van der Waals surface area contributed by atoms with Crippen molar-refractivity contribution in [2.75, 3.05) is 13.2 Å². The van der Waals surface area contributed by atoms with E-state index in [0.29, 0.717) is 13.2 Å². The highest BCUT2D eigenvalue weighted by Crippen LogP contribution is 2.50. The van der Waals surface area contributed by atoms with Crippen LogP contribution < -0.4 is 0 Å². The third-order valence-corrected chi connectivity index (χ3v) is 7.52. The molecule has 6 unspecified atom stereocenters. The predicted octanol–water partition coefficient (Wildman–Crippen LogP) is 6.21. The van der Waals surface area contributed by atoms with Gasteiger partial charge in [-0.1, -0.05) is 87.7 Å². The van der Waals surface area contributed by atoms with Crippen molar-refractivity contribution in [3.05, 3.63) is 83.9 Å². The average Bonchev–Trinajstić information content (AvgIpc) is 3.68. The van der Waals surface area contributed by atoms with Gasteiger partial charge in [-0.15, -0.1) is 0 Å². The van der Waals surface area contributed by atoms with Gasteiger partial charge < -0.3 is 14.2 Å². The molecular formula is C28H34O3. The van der Waals surface area contributed by atoms with Gasteiger partial charge in [-0.3, -0.25) is 0 Å². The summed E-state index contributed by atoms with van der Waals surface area (Å²) in [6, 6.07) is 17.1. The minimum Gasteiger partial charge on any atom is -0.375 e. The van der Waals surface area contributed by atoms with Crippen LogP contribution in [0.25, 0.3) is 12.2 Å². The lowest BCUT2D eigenvalue weighted by atomic mass is 9.84. The fraction of sp³-hybridized carbons (Fsp3) is 0.429. The largest absolute Gasteiger partial charge is 0.375 e. The Balaban J connectivity index is 1.41. The molecular weight excluding hydrogens is 384 g/mol. The zero-order valence-electron chi connectivity index (χ0n) is 19.1.